The van der Waals surface area contributed by atoms with Crippen LogP contribution in [-0.2, 0) is 20.8 Å². The lowest BCUT2D eigenvalue weighted by molar-refractivity contribution is -0.141. The minimum atomic E-state index is -1.16. The van der Waals surface area contributed by atoms with Gasteiger partial charge in [0.15, 0.2) is 0 Å². The van der Waals surface area contributed by atoms with E-state index >= 15 is 0 Å². The van der Waals surface area contributed by atoms with E-state index in [0.29, 0.717) is 24.2 Å². The molecule has 0 saturated carbocycles. The van der Waals surface area contributed by atoms with Crippen molar-refractivity contribution in [2.24, 2.45) is 0 Å². The van der Waals surface area contributed by atoms with Crippen molar-refractivity contribution in [3.63, 3.8) is 0 Å². The number of aliphatic carboxylic acids is 1. The van der Waals surface area contributed by atoms with Crippen LogP contribution in [0.25, 0.3) is 10.9 Å². The zero-order valence-corrected chi connectivity index (χ0v) is 21.3. The van der Waals surface area contributed by atoms with E-state index in [1.54, 1.807) is 11.0 Å². The number of nitrogens with one attached hydrogen (secondary N) is 3. The van der Waals surface area contributed by atoms with Crippen LogP contribution in [0.2, 0.25) is 0 Å². The summed E-state index contributed by atoms with van der Waals surface area (Å²) in [5.41, 5.74) is 4.21. The smallest absolute Gasteiger partial charge is 0.325 e. The number of rotatable bonds is 8. The van der Waals surface area contributed by atoms with Crippen LogP contribution >= 0.6 is 11.8 Å². The molecule has 0 fully saturated rings. The molecule has 0 saturated heterocycles. The number of carboxylic acid groups (broad SMARTS) is 1. The summed E-state index contributed by atoms with van der Waals surface area (Å²) >= 11 is 1.52. The molecule has 4 N–H and O–H groups in total. The highest BCUT2D eigenvalue weighted by molar-refractivity contribution is 7.98. The van der Waals surface area contributed by atoms with Crippen molar-refractivity contribution in [1.29, 1.82) is 0 Å². The molecule has 2 aliphatic heterocycles. The van der Waals surface area contributed by atoms with Gasteiger partial charge in [-0.25, -0.2) is 0 Å². The first-order valence-electron chi connectivity index (χ1n) is 12.1. The quantitative estimate of drug-likeness (QED) is 0.361. The minimum absolute atomic E-state index is 0.227. The molecule has 3 aromatic rings. The monoisotopic (exact) mass is 520 g/mol. The fourth-order valence-corrected chi connectivity index (χ4v) is 5.76. The molecule has 1 unspecified atom stereocenters. The molecule has 9 nitrogen and oxygen atoms in total. The second kappa shape index (κ2) is 9.93. The van der Waals surface area contributed by atoms with Crippen LogP contribution < -0.4 is 10.6 Å². The molecule has 2 aliphatic rings. The van der Waals surface area contributed by atoms with Crippen LogP contribution in [0.4, 0.5) is 0 Å². The summed E-state index contributed by atoms with van der Waals surface area (Å²) in [5, 5.41) is 15.5. The number of carbonyl (C=O) groups is 4. The van der Waals surface area contributed by atoms with Crippen molar-refractivity contribution in [2.45, 2.75) is 43.9 Å². The number of para-hydroxylation sites is 1. The number of nitrogens with zero attached hydrogens (tertiary/aromatic N) is 1. The van der Waals surface area contributed by atoms with Crippen molar-refractivity contribution < 1.29 is 24.3 Å². The molecular weight excluding hydrogens is 492 g/mol. The minimum Gasteiger partial charge on any atom is -0.480 e. The van der Waals surface area contributed by atoms with E-state index < -0.39 is 42.0 Å². The van der Waals surface area contributed by atoms with Crippen molar-refractivity contribution in [3.05, 3.63) is 70.9 Å². The molecule has 3 heterocycles. The summed E-state index contributed by atoms with van der Waals surface area (Å²) in [5.74, 6) is -1.80. The zero-order valence-electron chi connectivity index (χ0n) is 20.5. The third-order valence-electron chi connectivity index (χ3n) is 7.13. The number of thioether (sulfide) groups is 1. The maximum Gasteiger partial charge on any atom is 0.325 e. The SMILES string of the molecule is CSCC[C@H](NC(=O)[C@@H]1Cc2c([nH]c3ccccc23)C2c3ccccc3C(=O)N21)C(=O)N[C@H](C)C(=O)O. The topological polar surface area (TPSA) is 132 Å². The first-order valence-corrected chi connectivity index (χ1v) is 13.5. The van der Waals surface area contributed by atoms with Crippen molar-refractivity contribution in [2.75, 3.05) is 12.0 Å². The molecular formula is C27H28N4O5S. The number of hydrogen-bond donors (Lipinski definition) is 4. The highest BCUT2D eigenvalue weighted by Crippen LogP contribution is 2.46. The van der Waals surface area contributed by atoms with Gasteiger partial charge in [-0.1, -0.05) is 36.4 Å². The normalized spacial score (nSPS) is 19.5. The van der Waals surface area contributed by atoms with Gasteiger partial charge in [0.25, 0.3) is 5.91 Å². The molecule has 4 atom stereocenters. The Hall–Kier alpha value is -3.79. The number of carbonyl (C=O) groups excluding carboxylic acids is 3. The van der Waals surface area contributed by atoms with Crippen molar-refractivity contribution >= 4 is 46.4 Å². The van der Waals surface area contributed by atoms with Crippen LogP contribution in [0, 0.1) is 0 Å². The summed E-state index contributed by atoms with van der Waals surface area (Å²) in [6.07, 6.45) is 2.51. The molecule has 2 aromatic carbocycles. The van der Waals surface area contributed by atoms with Gasteiger partial charge in [-0.15, -0.1) is 0 Å². The van der Waals surface area contributed by atoms with Gasteiger partial charge in [0.05, 0.1) is 6.04 Å². The van der Waals surface area contributed by atoms with Gasteiger partial charge in [-0.3, -0.25) is 19.2 Å². The van der Waals surface area contributed by atoms with Gasteiger partial charge >= 0.3 is 5.97 Å². The molecule has 0 spiro atoms. The molecule has 192 valence electrons. The van der Waals surface area contributed by atoms with Gasteiger partial charge in [0.1, 0.15) is 18.1 Å². The summed E-state index contributed by atoms with van der Waals surface area (Å²) in [4.78, 5) is 56.6. The highest BCUT2D eigenvalue weighted by atomic mass is 32.2. The number of amides is 3. The predicted molar refractivity (Wildman–Crippen MR) is 140 cm³/mol. The Balaban J connectivity index is 1.50. The Morgan fingerprint density at radius 2 is 1.86 bits per heavy atom. The zero-order chi connectivity index (χ0) is 26.3. The average molecular weight is 521 g/mol. The number of aromatic amines is 1. The highest BCUT2D eigenvalue weighted by Gasteiger charge is 2.49. The lowest BCUT2D eigenvalue weighted by atomic mass is 9.89. The lowest BCUT2D eigenvalue weighted by Crippen LogP contribution is -2.57. The van der Waals surface area contributed by atoms with E-state index in [0.717, 1.165) is 27.7 Å². The number of hydrogen-bond acceptors (Lipinski definition) is 5. The standard InChI is InChI=1S/C27H28N4O5S/c1-14(27(35)36)28-24(32)20(11-12-37-2)30-25(33)21-13-18-15-7-5-6-10-19(15)29-22(18)23-16-8-3-4-9-17(16)26(34)31(21)23/h3-10,14,20-21,23,29H,11-13H2,1-2H3,(H,28,32)(H,30,33)(H,35,36)/t14-,20+,21+,23?/m1/s1. The van der Waals surface area contributed by atoms with E-state index in [4.69, 9.17) is 0 Å². The van der Waals surface area contributed by atoms with Crippen molar-refractivity contribution in [1.82, 2.24) is 20.5 Å². The Morgan fingerprint density at radius 3 is 2.62 bits per heavy atom. The van der Waals surface area contributed by atoms with E-state index in [1.165, 1.54) is 18.7 Å². The average Bonchev–Trinajstić information content (AvgIpc) is 3.41. The number of carboxylic acids is 1. The first kappa shape index (κ1) is 24.9. The maximum atomic E-state index is 13.8. The molecule has 5 rings (SSSR count). The summed E-state index contributed by atoms with van der Waals surface area (Å²) in [6.45, 7) is 1.37. The van der Waals surface area contributed by atoms with Gasteiger partial charge in [-0.05, 0) is 48.6 Å². The Labute approximate surface area is 218 Å². The van der Waals surface area contributed by atoms with Gasteiger partial charge < -0.3 is 25.6 Å². The van der Waals surface area contributed by atoms with Crippen LogP contribution in [0.1, 0.15) is 46.6 Å². The second-order valence-electron chi connectivity index (χ2n) is 9.40. The van der Waals surface area contributed by atoms with Crippen LogP contribution in [-0.4, -0.2) is 68.8 Å². The van der Waals surface area contributed by atoms with Crippen molar-refractivity contribution in [3.8, 4) is 0 Å². The third-order valence-corrected chi connectivity index (χ3v) is 7.77. The molecule has 0 bridgehead atoms. The summed E-state index contributed by atoms with van der Waals surface area (Å²) in [6, 6.07) is 11.9. The number of benzene rings is 2. The summed E-state index contributed by atoms with van der Waals surface area (Å²) in [7, 11) is 0. The Bertz CT molecular complexity index is 1400. The third kappa shape index (κ3) is 4.35. The van der Waals surface area contributed by atoms with Gasteiger partial charge in [-0.2, -0.15) is 11.8 Å². The molecule has 10 heteroatoms. The predicted octanol–water partition coefficient (Wildman–Crippen LogP) is 2.46. The van der Waals surface area contributed by atoms with E-state index in [-0.39, 0.29) is 5.91 Å². The lowest BCUT2D eigenvalue weighted by Gasteiger charge is -2.37. The van der Waals surface area contributed by atoms with E-state index in [1.807, 2.05) is 48.7 Å². The molecule has 37 heavy (non-hydrogen) atoms. The molecule has 0 radical (unpaired) electrons. The second-order valence-corrected chi connectivity index (χ2v) is 10.4. The fourth-order valence-electron chi connectivity index (χ4n) is 5.29. The van der Waals surface area contributed by atoms with E-state index in [2.05, 4.69) is 15.6 Å². The molecule has 3 amide bonds. The summed E-state index contributed by atoms with van der Waals surface area (Å²) < 4.78 is 0. The van der Waals surface area contributed by atoms with E-state index in [9.17, 15) is 24.3 Å². The maximum absolute atomic E-state index is 13.8. The largest absolute Gasteiger partial charge is 0.480 e. The Morgan fingerprint density at radius 1 is 1.14 bits per heavy atom. The van der Waals surface area contributed by atoms with Gasteiger partial charge in [0.2, 0.25) is 11.8 Å². The number of fused-ring (bicyclic) bond motifs is 7. The molecule has 0 aliphatic carbocycles. The van der Waals surface area contributed by atoms with Gasteiger partial charge in [0, 0.05) is 28.6 Å². The van der Waals surface area contributed by atoms with Crippen LogP contribution in [0.15, 0.2) is 48.5 Å². The first-order chi connectivity index (χ1) is 17.8. The fraction of sp³-hybridized carbons (Fsp3) is 0.333. The number of aromatic nitrogens is 1. The molecule has 1 aromatic heterocycles. The Kier molecular flexibility index (Phi) is 6.68. The number of H-pyrrole nitrogens is 1. The van der Waals surface area contributed by atoms with Crippen LogP contribution in [0.3, 0.4) is 0 Å². The van der Waals surface area contributed by atoms with Crippen LogP contribution in [0.5, 0.6) is 0 Å².